The maximum atomic E-state index is 11.9. The van der Waals surface area contributed by atoms with Crippen LogP contribution in [0.2, 0.25) is 0 Å². The van der Waals surface area contributed by atoms with E-state index in [1.54, 1.807) is 28.8 Å². The molecule has 0 saturated carbocycles. The van der Waals surface area contributed by atoms with Crippen LogP contribution in [-0.2, 0) is 11.3 Å². The maximum absolute atomic E-state index is 11.9. The van der Waals surface area contributed by atoms with Gasteiger partial charge in [0.05, 0.1) is 0 Å². The van der Waals surface area contributed by atoms with E-state index < -0.39 is 0 Å². The molecule has 20 heavy (non-hydrogen) atoms. The number of amides is 1. The van der Waals surface area contributed by atoms with Gasteiger partial charge in [-0.05, 0) is 32.0 Å². The Morgan fingerprint density at radius 1 is 1.40 bits per heavy atom. The Kier molecular flexibility index (Phi) is 4.24. The van der Waals surface area contributed by atoms with Crippen molar-refractivity contribution < 1.29 is 4.79 Å². The van der Waals surface area contributed by atoms with Gasteiger partial charge >= 0.3 is 4.87 Å². The van der Waals surface area contributed by atoms with Crippen molar-refractivity contribution in [2.75, 3.05) is 11.1 Å². The highest BCUT2D eigenvalue weighted by molar-refractivity contribution is 7.09. The van der Waals surface area contributed by atoms with Crippen molar-refractivity contribution in [3.05, 3.63) is 44.5 Å². The van der Waals surface area contributed by atoms with Gasteiger partial charge in [-0.25, -0.2) is 0 Å². The standard InChI is InChI=1S/C14H17N3O2S/c1-9-10(2)20-14(19)17(9)7-6-13(18)16-12-5-3-4-11(15)8-12/h3-5,8H,6-7,15H2,1-2H3,(H,16,18). The molecule has 1 heterocycles. The molecule has 1 amide bonds. The molecule has 0 spiro atoms. The lowest BCUT2D eigenvalue weighted by atomic mass is 10.2. The van der Waals surface area contributed by atoms with Crippen molar-refractivity contribution in [3.63, 3.8) is 0 Å². The molecule has 106 valence electrons. The van der Waals surface area contributed by atoms with Gasteiger partial charge in [-0.1, -0.05) is 17.4 Å². The van der Waals surface area contributed by atoms with Crippen LogP contribution in [0.5, 0.6) is 0 Å². The van der Waals surface area contributed by atoms with E-state index in [-0.39, 0.29) is 17.2 Å². The van der Waals surface area contributed by atoms with Gasteiger partial charge in [0.2, 0.25) is 5.91 Å². The molecular weight excluding hydrogens is 274 g/mol. The monoisotopic (exact) mass is 291 g/mol. The molecule has 2 rings (SSSR count). The van der Waals surface area contributed by atoms with Gasteiger partial charge in [-0.2, -0.15) is 0 Å². The molecule has 0 aliphatic heterocycles. The van der Waals surface area contributed by atoms with Crippen LogP contribution in [0.4, 0.5) is 11.4 Å². The molecule has 5 nitrogen and oxygen atoms in total. The molecule has 1 aromatic carbocycles. The Morgan fingerprint density at radius 3 is 2.75 bits per heavy atom. The Hall–Kier alpha value is -2.08. The third-order valence-electron chi connectivity index (χ3n) is 3.11. The number of carbonyl (C=O) groups excluding carboxylic acids is 1. The summed E-state index contributed by atoms with van der Waals surface area (Å²) in [6.07, 6.45) is 0.256. The van der Waals surface area contributed by atoms with E-state index in [2.05, 4.69) is 5.32 Å². The number of hydrogen-bond donors (Lipinski definition) is 2. The molecule has 0 unspecified atom stereocenters. The number of nitrogen functional groups attached to an aromatic ring is 1. The topological polar surface area (TPSA) is 77.1 Å². The summed E-state index contributed by atoms with van der Waals surface area (Å²) in [5, 5.41) is 2.77. The number of nitrogens with zero attached hydrogens (tertiary/aromatic N) is 1. The summed E-state index contributed by atoms with van der Waals surface area (Å²) in [6.45, 7) is 4.19. The summed E-state index contributed by atoms with van der Waals surface area (Å²) < 4.78 is 1.64. The van der Waals surface area contributed by atoms with Crippen LogP contribution in [0.15, 0.2) is 29.1 Å². The van der Waals surface area contributed by atoms with Crippen LogP contribution >= 0.6 is 11.3 Å². The summed E-state index contributed by atoms with van der Waals surface area (Å²) in [4.78, 5) is 24.5. The van der Waals surface area contributed by atoms with Crippen molar-refractivity contribution >= 4 is 28.6 Å². The Labute approximate surface area is 121 Å². The van der Waals surface area contributed by atoms with E-state index in [9.17, 15) is 9.59 Å². The molecule has 0 fully saturated rings. The minimum atomic E-state index is -0.134. The van der Waals surface area contributed by atoms with E-state index in [0.717, 1.165) is 10.6 Å². The number of benzene rings is 1. The summed E-state index contributed by atoms with van der Waals surface area (Å²) in [6, 6.07) is 7.01. The molecule has 3 N–H and O–H groups in total. The predicted molar refractivity (Wildman–Crippen MR) is 82.2 cm³/mol. The highest BCUT2D eigenvalue weighted by Crippen LogP contribution is 2.13. The summed E-state index contributed by atoms with van der Waals surface area (Å²) >= 11 is 1.21. The fourth-order valence-corrected chi connectivity index (χ4v) is 2.76. The third-order valence-corrected chi connectivity index (χ3v) is 4.10. The van der Waals surface area contributed by atoms with E-state index in [0.29, 0.717) is 17.9 Å². The lowest BCUT2D eigenvalue weighted by molar-refractivity contribution is -0.116. The molecule has 6 heteroatoms. The van der Waals surface area contributed by atoms with Crippen molar-refractivity contribution in [1.29, 1.82) is 0 Å². The zero-order chi connectivity index (χ0) is 14.7. The van der Waals surface area contributed by atoms with Gasteiger partial charge in [-0.3, -0.25) is 9.59 Å². The quantitative estimate of drug-likeness (QED) is 0.847. The molecule has 1 aromatic heterocycles. The second-order valence-electron chi connectivity index (χ2n) is 4.58. The molecule has 2 aromatic rings. The summed E-state index contributed by atoms with van der Waals surface area (Å²) in [5.41, 5.74) is 7.84. The van der Waals surface area contributed by atoms with Gasteiger partial charge in [0.1, 0.15) is 0 Å². The lowest BCUT2D eigenvalue weighted by Crippen LogP contribution is -2.20. The van der Waals surface area contributed by atoms with E-state index in [1.807, 2.05) is 13.8 Å². The summed E-state index contributed by atoms with van der Waals surface area (Å²) in [5.74, 6) is -0.134. The zero-order valence-electron chi connectivity index (χ0n) is 11.5. The molecule has 0 aliphatic carbocycles. The Bertz CT molecular complexity index is 688. The minimum absolute atomic E-state index is 0.0169. The van der Waals surface area contributed by atoms with Gasteiger partial charge in [-0.15, -0.1) is 0 Å². The molecule has 0 saturated heterocycles. The van der Waals surface area contributed by atoms with E-state index in [1.165, 1.54) is 11.3 Å². The van der Waals surface area contributed by atoms with Crippen LogP contribution in [0.1, 0.15) is 17.0 Å². The van der Waals surface area contributed by atoms with Crippen molar-refractivity contribution in [1.82, 2.24) is 4.57 Å². The van der Waals surface area contributed by atoms with E-state index >= 15 is 0 Å². The smallest absolute Gasteiger partial charge is 0.307 e. The summed E-state index contributed by atoms with van der Waals surface area (Å²) in [7, 11) is 0. The van der Waals surface area contributed by atoms with Crippen molar-refractivity contribution in [3.8, 4) is 0 Å². The number of carbonyl (C=O) groups is 1. The Balaban J connectivity index is 1.97. The first-order chi connectivity index (χ1) is 9.47. The second-order valence-corrected chi connectivity index (χ2v) is 5.75. The molecular formula is C14H17N3O2S. The SMILES string of the molecule is Cc1sc(=O)n(CCC(=O)Nc2cccc(N)c2)c1C. The number of aryl methyl sites for hydroxylation is 1. The highest BCUT2D eigenvalue weighted by atomic mass is 32.1. The lowest BCUT2D eigenvalue weighted by Gasteiger charge is -2.07. The fraction of sp³-hybridized carbons (Fsp3) is 0.286. The first kappa shape index (κ1) is 14.3. The van der Waals surface area contributed by atoms with Crippen LogP contribution in [0.3, 0.4) is 0 Å². The minimum Gasteiger partial charge on any atom is -0.399 e. The van der Waals surface area contributed by atoms with Crippen molar-refractivity contribution in [2.24, 2.45) is 0 Å². The van der Waals surface area contributed by atoms with Crippen LogP contribution in [-0.4, -0.2) is 10.5 Å². The number of nitrogens with two attached hydrogens (primary N) is 1. The fourth-order valence-electron chi connectivity index (χ4n) is 1.90. The number of anilines is 2. The van der Waals surface area contributed by atoms with Crippen LogP contribution < -0.4 is 15.9 Å². The highest BCUT2D eigenvalue weighted by Gasteiger charge is 2.09. The van der Waals surface area contributed by atoms with Gasteiger partial charge in [0.15, 0.2) is 0 Å². The second kappa shape index (κ2) is 5.92. The zero-order valence-corrected chi connectivity index (χ0v) is 12.3. The molecule has 0 aliphatic rings. The van der Waals surface area contributed by atoms with Crippen LogP contribution in [0.25, 0.3) is 0 Å². The normalized spacial score (nSPS) is 10.5. The van der Waals surface area contributed by atoms with Gasteiger partial charge < -0.3 is 15.6 Å². The van der Waals surface area contributed by atoms with Crippen molar-refractivity contribution in [2.45, 2.75) is 26.8 Å². The number of aromatic nitrogens is 1. The van der Waals surface area contributed by atoms with Gasteiger partial charge in [0, 0.05) is 34.9 Å². The molecule has 0 radical (unpaired) electrons. The number of thiazole rings is 1. The Morgan fingerprint density at radius 2 is 2.15 bits per heavy atom. The average molecular weight is 291 g/mol. The number of rotatable bonds is 4. The molecule has 0 atom stereocenters. The average Bonchev–Trinajstić information content (AvgIpc) is 2.61. The third kappa shape index (κ3) is 3.27. The number of hydrogen-bond acceptors (Lipinski definition) is 4. The van der Waals surface area contributed by atoms with E-state index in [4.69, 9.17) is 5.73 Å². The first-order valence-electron chi connectivity index (χ1n) is 6.29. The largest absolute Gasteiger partial charge is 0.399 e. The van der Waals surface area contributed by atoms with Gasteiger partial charge in [0.25, 0.3) is 0 Å². The number of nitrogens with one attached hydrogen (secondary N) is 1. The first-order valence-corrected chi connectivity index (χ1v) is 7.11. The predicted octanol–water partition coefficient (Wildman–Crippen LogP) is 2.14. The van der Waals surface area contributed by atoms with Crippen LogP contribution in [0, 0.1) is 13.8 Å². The maximum Gasteiger partial charge on any atom is 0.307 e. The molecule has 0 bridgehead atoms.